The van der Waals surface area contributed by atoms with E-state index < -0.39 is 0 Å². The van der Waals surface area contributed by atoms with Gasteiger partial charge in [-0.3, -0.25) is 5.43 Å². The minimum atomic E-state index is 0.981. The van der Waals surface area contributed by atoms with Gasteiger partial charge in [-0.05, 0) is 28.8 Å². The van der Waals surface area contributed by atoms with E-state index in [9.17, 15) is 0 Å². The highest BCUT2D eigenvalue weighted by molar-refractivity contribution is 5.81. The van der Waals surface area contributed by atoms with Crippen LogP contribution in [0, 0.1) is 0 Å². The molecule has 0 saturated heterocycles. The number of benzene rings is 3. The fourth-order valence-electron chi connectivity index (χ4n) is 2.09. The lowest BCUT2D eigenvalue weighted by Gasteiger charge is -2.02. The standard InChI is InChI=1S/C19H16N2/c1-3-7-17(8-4-1)18-13-11-16(12-14-18)15-20-21-19-9-5-2-6-10-19/h1-15,21H/b20-15-. The zero-order valence-corrected chi connectivity index (χ0v) is 11.6. The summed E-state index contributed by atoms with van der Waals surface area (Å²) in [5, 5.41) is 4.24. The zero-order chi connectivity index (χ0) is 14.3. The summed E-state index contributed by atoms with van der Waals surface area (Å²) >= 11 is 0. The average molecular weight is 272 g/mol. The first-order valence-electron chi connectivity index (χ1n) is 6.91. The van der Waals surface area contributed by atoms with Crippen molar-refractivity contribution >= 4 is 11.9 Å². The Kier molecular flexibility index (Phi) is 4.08. The van der Waals surface area contributed by atoms with Gasteiger partial charge in [0, 0.05) is 0 Å². The van der Waals surface area contributed by atoms with E-state index in [4.69, 9.17) is 0 Å². The molecule has 3 rings (SSSR count). The molecule has 0 atom stereocenters. The molecule has 1 N–H and O–H groups in total. The van der Waals surface area contributed by atoms with Crippen molar-refractivity contribution in [2.45, 2.75) is 0 Å². The van der Waals surface area contributed by atoms with Crippen LogP contribution in [0.3, 0.4) is 0 Å². The third kappa shape index (κ3) is 3.57. The highest BCUT2D eigenvalue weighted by atomic mass is 15.3. The van der Waals surface area contributed by atoms with Crippen LogP contribution in [0.15, 0.2) is 90.0 Å². The molecule has 21 heavy (non-hydrogen) atoms. The molecule has 0 aliphatic rings. The van der Waals surface area contributed by atoms with E-state index in [2.05, 4.69) is 59.1 Å². The van der Waals surface area contributed by atoms with Gasteiger partial charge in [0.25, 0.3) is 0 Å². The minimum Gasteiger partial charge on any atom is -0.279 e. The van der Waals surface area contributed by atoms with Crippen molar-refractivity contribution in [2.24, 2.45) is 5.10 Å². The zero-order valence-electron chi connectivity index (χ0n) is 11.6. The molecule has 0 aliphatic heterocycles. The topological polar surface area (TPSA) is 24.4 Å². The molecule has 0 saturated carbocycles. The third-order valence-electron chi connectivity index (χ3n) is 3.20. The summed E-state index contributed by atoms with van der Waals surface area (Å²) in [6.07, 6.45) is 1.82. The molecule has 0 heterocycles. The molecule has 0 radical (unpaired) electrons. The summed E-state index contributed by atoms with van der Waals surface area (Å²) in [7, 11) is 0. The number of nitrogens with one attached hydrogen (secondary N) is 1. The molecule has 3 aromatic rings. The minimum absolute atomic E-state index is 0.981. The maximum absolute atomic E-state index is 4.24. The lowest BCUT2D eigenvalue weighted by Crippen LogP contribution is -1.90. The van der Waals surface area contributed by atoms with Crippen molar-refractivity contribution < 1.29 is 0 Å². The van der Waals surface area contributed by atoms with Crippen LogP contribution in [0.5, 0.6) is 0 Å². The van der Waals surface area contributed by atoms with Crippen molar-refractivity contribution in [1.29, 1.82) is 0 Å². The van der Waals surface area contributed by atoms with Crippen molar-refractivity contribution in [2.75, 3.05) is 5.43 Å². The van der Waals surface area contributed by atoms with E-state index in [0.717, 1.165) is 11.3 Å². The van der Waals surface area contributed by atoms with Gasteiger partial charge in [-0.2, -0.15) is 5.10 Å². The van der Waals surface area contributed by atoms with Crippen LogP contribution in [0.4, 0.5) is 5.69 Å². The van der Waals surface area contributed by atoms with E-state index >= 15 is 0 Å². The molecular weight excluding hydrogens is 256 g/mol. The Morgan fingerprint density at radius 1 is 0.619 bits per heavy atom. The Labute approximate surface area is 124 Å². The van der Waals surface area contributed by atoms with E-state index in [1.54, 1.807) is 0 Å². The number of hydrogen-bond donors (Lipinski definition) is 1. The highest BCUT2D eigenvalue weighted by Crippen LogP contribution is 2.18. The first-order chi connectivity index (χ1) is 10.4. The maximum Gasteiger partial charge on any atom is 0.0561 e. The first-order valence-corrected chi connectivity index (χ1v) is 6.91. The SMILES string of the molecule is C(=N/Nc1ccccc1)/c1ccc(-c2ccccc2)cc1. The van der Waals surface area contributed by atoms with E-state index in [1.807, 2.05) is 42.6 Å². The Morgan fingerprint density at radius 2 is 1.19 bits per heavy atom. The molecule has 2 nitrogen and oxygen atoms in total. The predicted octanol–water partition coefficient (Wildman–Crippen LogP) is 4.80. The molecule has 0 aromatic heterocycles. The summed E-state index contributed by atoms with van der Waals surface area (Å²) in [6, 6.07) is 28.6. The second kappa shape index (κ2) is 6.53. The Morgan fingerprint density at radius 3 is 1.86 bits per heavy atom. The third-order valence-corrected chi connectivity index (χ3v) is 3.20. The lowest BCUT2D eigenvalue weighted by atomic mass is 10.0. The summed E-state index contributed by atoms with van der Waals surface area (Å²) < 4.78 is 0. The van der Waals surface area contributed by atoms with Crippen LogP contribution in [0.1, 0.15) is 5.56 Å². The molecule has 102 valence electrons. The van der Waals surface area contributed by atoms with Crippen LogP contribution < -0.4 is 5.43 Å². The van der Waals surface area contributed by atoms with Crippen LogP contribution >= 0.6 is 0 Å². The number of para-hydroxylation sites is 1. The van der Waals surface area contributed by atoms with E-state index in [1.165, 1.54) is 11.1 Å². The summed E-state index contributed by atoms with van der Waals surface area (Å²) in [6.45, 7) is 0. The molecule has 2 heteroatoms. The average Bonchev–Trinajstić information content (AvgIpc) is 2.57. The molecule has 3 aromatic carbocycles. The Balaban J connectivity index is 1.67. The van der Waals surface area contributed by atoms with Gasteiger partial charge < -0.3 is 0 Å². The van der Waals surface area contributed by atoms with Crippen molar-refractivity contribution in [3.63, 3.8) is 0 Å². The van der Waals surface area contributed by atoms with Gasteiger partial charge in [0.2, 0.25) is 0 Å². The van der Waals surface area contributed by atoms with Gasteiger partial charge in [-0.1, -0.05) is 72.8 Å². The highest BCUT2D eigenvalue weighted by Gasteiger charge is 1.95. The summed E-state index contributed by atoms with van der Waals surface area (Å²) in [5.41, 5.74) is 7.49. The number of anilines is 1. The van der Waals surface area contributed by atoms with Gasteiger partial charge in [-0.15, -0.1) is 0 Å². The van der Waals surface area contributed by atoms with Crippen molar-refractivity contribution in [1.82, 2.24) is 0 Å². The molecule has 0 amide bonds. The van der Waals surface area contributed by atoms with Crippen molar-refractivity contribution in [3.8, 4) is 11.1 Å². The monoisotopic (exact) mass is 272 g/mol. The van der Waals surface area contributed by atoms with Crippen molar-refractivity contribution in [3.05, 3.63) is 90.5 Å². The largest absolute Gasteiger partial charge is 0.279 e. The second-order valence-corrected chi connectivity index (χ2v) is 4.72. The Hall–Kier alpha value is -2.87. The number of nitrogens with zero attached hydrogens (tertiary/aromatic N) is 1. The van der Waals surface area contributed by atoms with Gasteiger partial charge in [-0.25, -0.2) is 0 Å². The molecule has 0 bridgehead atoms. The quantitative estimate of drug-likeness (QED) is 0.535. The normalized spacial score (nSPS) is 10.7. The number of hydrazone groups is 1. The van der Waals surface area contributed by atoms with Crippen LogP contribution in [-0.2, 0) is 0 Å². The lowest BCUT2D eigenvalue weighted by molar-refractivity contribution is 1.35. The summed E-state index contributed by atoms with van der Waals surface area (Å²) in [4.78, 5) is 0. The van der Waals surface area contributed by atoms with Crippen LogP contribution in [0.2, 0.25) is 0 Å². The van der Waals surface area contributed by atoms with E-state index in [0.29, 0.717) is 0 Å². The van der Waals surface area contributed by atoms with Gasteiger partial charge in [0.05, 0.1) is 11.9 Å². The van der Waals surface area contributed by atoms with Gasteiger partial charge >= 0.3 is 0 Å². The molecule has 0 spiro atoms. The molecular formula is C19H16N2. The first kappa shape index (κ1) is 13.1. The maximum atomic E-state index is 4.24. The van der Waals surface area contributed by atoms with Crippen LogP contribution in [-0.4, -0.2) is 6.21 Å². The van der Waals surface area contributed by atoms with Gasteiger partial charge in [0.1, 0.15) is 0 Å². The predicted molar refractivity (Wildman–Crippen MR) is 89.5 cm³/mol. The number of rotatable bonds is 4. The fourth-order valence-corrected chi connectivity index (χ4v) is 2.09. The van der Waals surface area contributed by atoms with Crippen LogP contribution in [0.25, 0.3) is 11.1 Å². The second-order valence-electron chi connectivity index (χ2n) is 4.72. The van der Waals surface area contributed by atoms with Gasteiger partial charge in [0.15, 0.2) is 0 Å². The molecule has 0 aliphatic carbocycles. The molecule has 0 fully saturated rings. The smallest absolute Gasteiger partial charge is 0.0561 e. The summed E-state index contributed by atoms with van der Waals surface area (Å²) in [5.74, 6) is 0. The molecule has 0 unspecified atom stereocenters. The fraction of sp³-hybridized carbons (Fsp3) is 0. The number of hydrogen-bond acceptors (Lipinski definition) is 2. The Bertz CT molecular complexity index is 702. The van der Waals surface area contributed by atoms with E-state index in [-0.39, 0.29) is 0 Å².